The van der Waals surface area contributed by atoms with E-state index in [1.807, 2.05) is 13.0 Å². The van der Waals surface area contributed by atoms with Gasteiger partial charge < -0.3 is 5.32 Å². The molecule has 1 atom stereocenters. The second kappa shape index (κ2) is 8.57. The van der Waals surface area contributed by atoms with E-state index in [1.54, 1.807) is 31.2 Å². The van der Waals surface area contributed by atoms with Crippen LogP contribution in [0.1, 0.15) is 53.4 Å². The van der Waals surface area contributed by atoms with E-state index in [-0.39, 0.29) is 11.9 Å². The van der Waals surface area contributed by atoms with E-state index in [0.717, 1.165) is 12.0 Å². The predicted octanol–water partition coefficient (Wildman–Crippen LogP) is 3.97. The van der Waals surface area contributed by atoms with Crippen LogP contribution >= 0.6 is 0 Å². The van der Waals surface area contributed by atoms with Crippen LogP contribution in [0, 0.1) is 13.8 Å². The fourth-order valence-corrected chi connectivity index (χ4v) is 4.01. The lowest BCUT2D eigenvalue weighted by atomic mass is 9.99. The van der Waals surface area contributed by atoms with Crippen LogP contribution in [-0.4, -0.2) is 27.1 Å². The summed E-state index contributed by atoms with van der Waals surface area (Å²) >= 11 is 0. The lowest BCUT2D eigenvalue weighted by Crippen LogP contribution is -2.30. The Kier molecular flexibility index (Phi) is 6.65. The van der Waals surface area contributed by atoms with E-state index in [2.05, 4.69) is 31.3 Å². The van der Waals surface area contributed by atoms with Crippen molar-refractivity contribution in [1.82, 2.24) is 5.32 Å². The maximum atomic E-state index is 12.6. The summed E-state index contributed by atoms with van der Waals surface area (Å²) in [6.45, 7) is 8.28. The van der Waals surface area contributed by atoms with Crippen LogP contribution in [0.15, 0.2) is 42.5 Å². The Balaban J connectivity index is 2.18. The molecule has 0 aromatic heterocycles. The molecule has 2 aromatic carbocycles. The monoisotopic (exact) mass is 388 g/mol. The number of sulfonamides is 1. The highest BCUT2D eigenvalue weighted by atomic mass is 32.2. The minimum absolute atomic E-state index is 0.0698. The van der Waals surface area contributed by atoms with E-state index < -0.39 is 10.0 Å². The number of carbonyl (C=O) groups is 1. The van der Waals surface area contributed by atoms with Gasteiger partial charge in [-0.2, -0.15) is 0 Å². The molecule has 0 radical (unpaired) electrons. The third kappa shape index (κ3) is 5.10. The van der Waals surface area contributed by atoms with Gasteiger partial charge in [-0.05, 0) is 68.1 Å². The molecule has 0 aliphatic heterocycles. The van der Waals surface area contributed by atoms with Crippen LogP contribution in [0.5, 0.6) is 0 Å². The lowest BCUT2D eigenvalue weighted by molar-refractivity contribution is 0.0935. The molecule has 5 nitrogen and oxygen atoms in total. The van der Waals surface area contributed by atoms with Gasteiger partial charge in [0.15, 0.2) is 0 Å². The normalized spacial score (nSPS) is 12.5. The van der Waals surface area contributed by atoms with Crippen molar-refractivity contribution < 1.29 is 13.2 Å². The van der Waals surface area contributed by atoms with Crippen LogP contribution in [0.3, 0.4) is 0 Å². The van der Waals surface area contributed by atoms with Crippen LogP contribution in [0.2, 0.25) is 0 Å². The summed E-state index contributed by atoms with van der Waals surface area (Å²) < 4.78 is 24.9. The van der Waals surface area contributed by atoms with E-state index >= 15 is 0 Å². The molecule has 2 rings (SSSR count). The number of aryl methyl sites for hydroxylation is 2. The van der Waals surface area contributed by atoms with Crippen molar-refractivity contribution in [3.63, 3.8) is 0 Å². The minimum Gasteiger partial charge on any atom is -0.345 e. The molecule has 0 fully saturated rings. The SMILES string of the molecule is CC[C@@H](NC(=O)c1ccc(N(CC)S(C)(=O)=O)cc1)c1ccc(C)c(C)c1. The van der Waals surface area contributed by atoms with Crippen LogP contribution in [0.4, 0.5) is 5.69 Å². The fourth-order valence-electron chi connectivity index (χ4n) is 3.03. The fraction of sp³-hybridized carbons (Fsp3) is 0.381. The van der Waals surface area contributed by atoms with Gasteiger partial charge in [0.25, 0.3) is 5.91 Å². The Labute approximate surface area is 162 Å². The summed E-state index contributed by atoms with van der Waals surface area (Å²) in [5, 5.41) is 3.07. The van der Waals surface area contributed by atoms with Crippen molar-refractivity contribution in [2.24, 2.45) is 0 Å². The van der Waals surface area contributed by atoms with Crippen LogP contribution in [-0.2, 0) is 10.0 Å². The Morgan fingerprint density at radius 1 is 1.04 bits per heavy atom. The number of nitrogens with one attached hydrogen (secondary N) is 1. The first-order valence-corrected chi connectivity index (χ1v) is 11.0. The number of amides is 1. The Morgan fingerprint density at radius 3 is 2.15 bits per heavy atom. The van der Waals surface area contributed by atoms with Gasteiger partial charge in [-0.3, -0.25) is 9.10 Å². The predicted molar refractivity (Wildman–Crippen MR) is 111 cm³/mol. The summed E-state index contributed by atoms with van der Waals surface area (Å²) in [4.78, 5) is 12.6. The third-order valence-corrected chi connectivity index (χ3v) is 6.02. The average Bonchev–Trinajstić information content (AvgIpc) is 2.62. The molecule has 146 valence electrons. The van der Waals surface area contributed by atoms with E-state index in [0.29, 0.717) is 17.8 Å². The molecule has 0 heterocycles. The number of hydrogen-bond acceptors (Lipinski definition) is 3. The molecular weight excluding hydrogens is 360 g/mol. The summed E-state index contributed by atoms with van der Waals surface area (Å²) in [6.07, 6.45) is 1.95. The van der Waals surface area contributed by atoms with Gasteiger partial charge in [-0.25, -0.2) is 8.42 Å². The summed E-state index contributed by atoms with van der Waals surface area (Å²) in [7, 11) is -3.33. The first kappa shape index (κ1) is 21.0. The molecule has 27 heavy (non-hydrogen) atoms. The van der Waals surface area contributed by atoms with Crippen molar-refractivity contribution in [1.29, 1.82) is 0 Å². The number of anilines is 1. The topological polar surface area (TPSA) is 66.5 Å². The molecule has 0 bridgehead atoms. The van der Waals surface area contributed by atoms with Gasteiger partial charge in [-0.1, -0.05) is 25.1 Å². The molecule has 0 saturated carbocycles. The largest absolute Gasteiger partial charge is 0.345 e. The molecule has 0 unspecified atom stereocenters. The van der Waals surface area contributed by atoms with Crippen molar-refractivity contribution >= 4 is 21.6 Å². The second-order valence-electron chi connectivity index (χ2n) is 6.75. The van der Waals surface area contributed by atoms with Crippen molar-refractivity contribution in [3.05, 3.63) is 64.7 Å². The summed E-state index contributed by atoms with van der Waals surface area (Å²) in [5.74, 6) is -0.172. The zero-order valence-electron chi connectivity index (χ0n) is 16.6. The van der Waals surface area contributed by atoms with Gasteiger partial charge in [0.2, 0.25) is 10.0 Å². The quantitative estimate of drug-likeness (QED) is 0.780. The molecular formula is C21H28N2O3S. The van der Waals surface area contributed by atoms with Gasteiger partial charge in [-0.15, -0.1) is 0 Å². The number of carbonyl (C=O) groups excluding carboxylic acids is 1. The molecule has 0 saturated heterocycles. The average molecular weight is 389 g/mol. The van der Waals surface area contributed by atoms with Crippen molar-refractivity contribution in [2.75, 3.05) is 17.1 Å². The Morgan fingerprint density at radius 2 is 1.67 bits per heavy atom. The zero-order chi connectivity index (χ0) is 20.2. The smallest absolute Gasteiger partial charge is 0.251 e. The van der Waals surface area contributed by atoms with E-state index in [9.17, 15) is 13.2 Å². The number of hydrogen-bond donors (Lipinski definition) is 1. The summed E-state index contributed by atoms with van der Waals surface area (Å²) in [5.41, 5.74) is 4.56. The number of nitrogens with zero attached hydrogens (tertiary/aromatic N) is 1. The molecule has 1 N–H and O–H groups in total. The van der Waals surface area contributed by atoms with Crippen LogP contribution in [0.25, 0.3) is 0 Å². The first-order chi connectivity index (χ1) is 12.7. The molecule has 6 heteroatoms. The maximum absolute atomic E-state index is 12.6. The minimum atomic E-state index is -3.33. The second-order valence-corrected chi connectivity index (χ2v) is 8.66. The standard InChI is InChI=1S/C21H28N2O3S/c1-6-20(18-9-8-15(3)16(4)14-18)22-21(24)17-10-12-19(13-11-17)23(7-2)27(5,25)26/h8-14,20H,6-7H2,1-5H3,(H,22,24)/t20-/m1/s1. The zero-order valence-corrected chi connectivity index (χ0v) is 17.4. The van der Waals surface area contributed by atoms with Gasteiger partial charge >= 0.3 is 0 Å². The highest BCUT2D eigenvalue weighted by Crippen LogP contribution is 2.22. The Bertz CT molecular complexity index is 906. The lowest BCUT2D eigenvalue weighted by Gasteiger charge is -2.21. The summed E-state index contributed by atoms with van der Waals surface area (Å²) in [6, 6.07) is 12.8. The highest BCUT2D eigenvalue weighted by molar-refractivity contribution is 7.92. The number of benzene rings is 2. The highest BCUT2D eigenvalue weighted by Gasteiger charge is 2.17. The number of rotatable bonds is 7. The molecule has 0 spiro atoms. The molecule has 2 aromatic rings. The van der Waals surface area contributed by atoms with E-state index in [4.69, 9.17) is 0 Å². The third-order valence-electron chi connectivity index (χ3n) is 4.75. The van der Waals surface area contributed by atoms with Gasteiger partial charge in [0.05, 0.1) is 18.0 Å². The maximum Gasteiger partial charge on any atom is 0.251 e. The van der Waals surface area contributed by atoms with E-state index in [1.165, 1.54) is 21.7 Å². The van der Waals surface area contributed by atoms with Gasteiger partial charge in [0.1, 0.15) is 0 Å². The molecule has 1 amide bonds. The first-order valence-electron chi connectivity index (χ1n) is 9.13. The molecule has 0 aliphatic carbocycles. The molecule has 0 aliphatic rings. The van der Waals surface area contributed by atoms with Crippen LogP contribution < -0.4 is 9.62 Å². The van der Waals surface area contributed by atoms with Crippen molar-refractivity contribution in [3.8, 4) is 0 Å². The van der Waals surface area contributed by atoms with Gasteiger partial charge in [0, 0.05) is 12.1 Å². The Hall–Kier alpha value is -2.34. The van der Waals surface area contributed by atoms with Crippen molar-refractivity contribution in [2.45, 2.75) is 40.2 Å².